The number of hydrogen-bond donors (Lipinski definition) is 1. The Morgan fingerprint density at radius 1 is 1.09 bits per heavy atom. The number of aliphatic carboxylic acids is 1. The van der Waals surface area contributed by atoms with Crippen LogP contribution in [-0.2, 0) is 4.79 Å². The van der Waals surface area contributed by atoms with Crippen molar-refractivity contribution >= 4 is 16.9 Å². The first kappa shape index (κ1) is 14.1. The van der Waals surface area contributed by atoms with Crippen LogP contribution in [0.2, 0.25) is 0 Å². The third kappa shape index (κ3) is 2.51. The summed E-state index contributed by atoms with van der Waals surface area (Å²) in [4.78, 5) is 23.2. The van der Waals surface area contributed by atoms with Gasteiger partial charge in [-0.05, 0) is 30.7 Å². The number of hydrogen-bond acceptors (Lipinski definition) is 3. The van der Waals surface area contributed by atoms with E-state index in [2.05, 4.69) is 0 Å². The highest BCUT2D eigenvalue weighted by Gasteiger charge is 2.15. The highest BCUT2D eigenvalue weighted by molar-refractivity contribution is 5.79. The topological polar surface area (TPSA) is 67.5 Å². The lowest BCUT2D eigenvalue weighted by Gasteiger charge is -2.09. The molecule has 0 saturated carbocycles. The van der Waals surface area contributed by atoms with Gasteiger partial charge in [0.25, 0.3) is 0 Å². The normalized spacial score (nSPS) is 12.2. The first-order valence-corrected chi connectivity index (χ1v) is 6.92. The van der Waals surface area contributed by atoms with Crippen LogP contribution in [-0.4, -0.2) is 11.1 Å². The molecule has 1 aromatic heterocycles. The van der Waals surface area contributed by atoms with Gasteiger partial charge in [0.15, 0.2) is 5.43 Å². The van der Waals surface area contributed by atoms with E-state index >= 15 is 0 Å². The Morgan fingerprint density at radius 2 is 1.86 bits per heavy atom. The van der Waals surface area contributed by atoms with E-state index in [0.29, 0.717) is 27.9 Å². The predicted molar refractivity (Wildman–Crippen MR) is 84.0 cm³/mol. The van der Waals surface area contributed by atoms with Crippen molar-refractivity contribution in [2.24, 2.45) is 0 Å². The molecular weight excluding hydrogens is 280 g/mol. The van der Waals surface area contributed by atoms with E-state index in [1.54, 1.807) is 55.5 Å². The Kier molecular flexibility index (Phi) is 3.51. The lowest BCUT2D eigenvalue weighted by Crippen LogP contribution is -2.07. The third-order valence-corrected chi connectivity index (χ3v) is 3.68. The second-order valence-electron chi connectivity index (χ2n) is 5.16. The average Bonchev–Trinajstić information content (AvgIpc) is 2.54. The van der Waals surface area contributed by atoms with Crippen molar-refractivity contribution in [3.63, 3.8) is 0 Å². The molecule has 1 unspecified atom stereocenters. The lowest BCUT2D eigenvalue weighted by molar-refractivity contribution is -0.138. The van der Waals surface area contributed by atoms with Gasteiger partial charge < -0.3 is 9.52 Å². The summed E-state index contributed by atoms with van der Waals surface area (Å²) in [6.07, 6.45) is 0. The molecule has 0 aliphatic carbocycles. The van der Waals surface area contributed by atoms with Crippen LogP contribution < -0.4 is 5.43 Å². The highest BCUT2D eigenvalue weighted by Crippen LogP contribution is 2.25. The van der Waals surface area contributed by atoms with Crippen LogP contribution in [0.3, 0.4) is 0 Å². The summed E-state index contributed by atoms with van der Waals surface area (Å²) in [6.45, 7) is 1.62. The van der Waals surface area contributed by atoms with E-state index in [4.69, 9.17) is 9.52 Å². The van der Waals surface area contributed by atoms with Crippen LogP contribution in [0.1, 0.15) is 18.4 Å². The van der Waals surface area contributed by atoms with E-state index in [9.17, 15) is 9.59 Å². The van der Waals surface area contributed by atoms with Gasteiger partial charge in [0.1, 0.15) is 11.3 Å². The van der Waals surface area contributed by atoms with Gasteiger partial charge in [-0.15, -0.1) is 0 Å². The second kappa shape index (κ2) is 5.48. The van der Waals surface area contributed by atoms with Crippen molar-refractivity contribution in [1.82, 2.24) is 0 Å². The zero-order valence-corrected chi connectivity index (χ0v) is 11.9. The predicted octanol–water partition coefficient (Wildman–Crippen LogP) is 3.65. The summed E-state index contributed by atoms with van der Waals surface area (Å²) < 4.78 is 5.78. The first-order valence-electron chi connectivity index (χ1n) is 6.92. The van der Waals surface area contributed by atoms with Gasteiger partial charge in [0.05, 0.1) is 11.3 Å². The minimum absolute atomic E-state index is 0.117. The lowest BCUT2D eigenvalue weighted by atomic mass is 9.98. The molecule has 0 radical (unpaired) electrons. The van der Waals surface area contributed by atoms with Gasteiger partial charge in [-0.2, -0.15) is 0 Å². The maximum absolute atomic E-state index is 12.1. The number of fused-ring (bicyclic) bond motifs is 1. The Labute approximate surface area is 126 Å². The molecule has 3 aromatic rings. The van der Waals surface area contributed by atoms with Crippen molar-refractivity contribution in [2.45, 2.75) is 12.8 Å². The maximum Gasteiger partial charge on any atom is 0.310 e. The van der Waals surface area contributed by atoms with Gasteiger partial charge in [-0.3, -0.25) is 9.59 Å². The van der Waals surface area contributed by atoms with Crippen molar-refractivity contribution in [2.75, 3.05) is 0 Å². The molecule has 1 heterocycles. The average molecular weight is 294 g/mol. The monoisotopic (exact) mass is 294 g/mol. The van der Waals surface area contributed by atoms with E-state index in [-0.39, 0.29) is 5.43 Å². The second-order valence-corrected chi connectivity index (χ2v) is 5.16. The van der Waals surface area contributed by atoms with Gasteiger partial charge in [0, 0.05) is 11.6 Å². The van der Waals surface area contributed by atoms with Gasteiger partial charge in [-0.25, -0.2) is 0 Å². The number of carbonyl (C=O) groups is 1. The summed E-state index contributed by atoms with van der Waals surface area (Å²) in [5.41, 5.74) is 1.75. The van der Waals surface area contributed by atoms with Crippen molar-refractivity contribution in [1.29, 1.82) is 0 Å². The molecule has 0 saturated heterocycles. The van der Waals surface area contributed by atoms with Crippen molar-refractivity contribution in [3.05, 3.63) is 70.4 Å². The molecule has 0 aliphatic heterocycles. The Balaban J connectivity index is 2.14. The number of carboxylic acid groups (broad SMARTS) is 1. The smallest absolute Gasteiger partial charge is 0.310 e. The minimum Gasteiger partial charge on any atom is -0.481 e. The SMILES string of the molecule is CC(C(=O)O)c1cccc(-c2cc(=O)c3ccccc3o2)c1. The quantitative estimate of drug-likeness (QED) is 0.800. The Hall–Kier alpha value is -2.88. The zero-order valence-electron chi connectivity index (χ0n) is 11.9. The first-order chi connectivity index (χ1) is 10.6. The van der Waals surface area contributed by atoms with Crippen molar-refractivity contribution in [3.8, 4) is 11.3 Å². The molecule has 110 valence electrons. The van der Waals surface area contributed by atoms with E-state index < -0.39 is 11.9 Å². The minimum atomic E-state index is -0.892. The fourth-order valence-corrected chi connectivity index (χ4v) is 2.35. The Morgan fingerprint density at radius 3 is 2.64 bits per heavy atom. The van der Waals surface area contributed by atoms with Crippen LogP contribution in [0.25, 0.3) is 22.3 Å². The molecule has 4 nitrogen and oxygen atoms in total. The molecule has 4 heteroatoms. The van der Waals surface area contributed by atoms with E-state index in [1.807, 2.05) is 0 Å². The largest absolute Gasteiger partial charge is 0.481 e. The van der Waals surface area contributed by atoms with Gasteiger partial charge >= 0.3 is 5.97 Å². The molecule has 22 heavy (non-hydrogen) atoms. The molecule has 1 atom stereocenters. The van der Waals surface area contributed by atoms with E-state index in [1.165, 1.54) is 6.07 Å². The molecule has 1 N–H and O–H groups in total. The third-order valence-electron chi connectivity index (χ3n) is 3.68. The molecule has 0 fully saturated rings. The molecule has 0 bridgehead atoms. The van der Waals surface area contributed by atoms with Crippen LogP contribution in [0.5, 0.6) is 0 Å². The van der Waals surface area contributed by atoms with Crippen LogP contribution in [0.15, 0.2) is 63.8 Å². The number of benzene rings is 2. The van der Waals surface area contributed by atoms with Crippen LogP contribution in [0.4, 0.5) is 0 Å². The standard InChI is InChI=1S/C18H14O4/c1-11(18(20)21)12-5-4-6-13(9-12)17-10-15(19)14-7-2-3-8-16(14)22-17/h2-11H,1H3,(H,20,21). The number of para-hydroxylation sites is 1. The summed E-state index contributed by atoms with van der Waals surface area (Å²) in [5.74, 6) is -1.08. The van der Waals surface area contributed by atoms with Crippen LogP contribution >= 0.6 is 0 Å². The fraction of sp³-hybridized carbons (Fsp3) is 0.111. The molecule has 3 rings (SSSR count). The molecule has 0 spiro atoms. The number of rotatable bonds is 3. The van der Waals surface area contributed by atoms with Crippen LogP contribution in [0, 0.1) is 0 Å². The molecule has 2 aromatic carbocycles. The fourth-order valence-electron chi connectivity index (χ4n) is 2.35. The van der Waals surface area contributed by atoms with Gasteiger partial charge in [-0.1, -0.05) is 30.3 Å². The molecular formula is C18H14O4. The summed E-state index contributed by atoms with van der Waals surface area (Å²) in [6, 6.07) is 15.5. The maximum atomic E-state index is 12.1. The summed E-state index contributed by atoms with van der Waals surface area (Å²) in [5, 5.41) is 9.64. The summed E-state index contributed by atoms with van der Waals surface area (Å²) in [7, 11) is 0. The highest BCUT2D eigenvalue weighted by atomic mass is 16.4. The Bertz CT molecular complexity index is 908. The van der Waals surface area contributed by atoms with Gasteiger partial charge in [0.2, 0.25) is 0 Å². The van der Waals surface area contributed by atoms with Crippen molar-refractivity contribution < 1.29 is 14.3 Å². The zero-order chi connectivity index (χ0) is 15.7. The molecule has 0 aliphatic rings. The number of carboxylic acids is 1. The molecule has 0 amide bonds. The summed E-state index contributed by atoms with van der Waals surface area (Å²) >= 11 is 0. The van der Waals surface area contributed by atoms with E-state index in [0.717, 1.165) is 0 Å².